The second-order valence-corrected chi connectivity index (χ2v) is 3.95. The molecule has 1 aliphatic carbocycles. The number of hydrogen-bond donors (Lipinski definition) is 0. The fourth-order valence-electron chi connectivity index (χ4n) is 1.53. The highest BCUT2D eigenvalue weighted by atomic mass is 35.5. The van der Waals surface area contributed by atoms with Crippen LogP contribution >= 0.6 is 11.6 Å². The maximum Gasteiger partial charge on any atom is 0.163 e. The first kappa shape index (κ1) is 10.2. The van der Waals surface area contributed by atoms with Crippen molar-refractivity contribution in [2.75, 3.05) is 0 Å². The van der Waals surface area contributed by atoms with E-state index in [1.165, 1.54) is 0 Å². The zero-order valence-electron chi connectivity index (χ0n) is 8.24. The molecule has 2 heteroatoms. The van der Waals surface area contributed by atoms with Crippen LogP contribution in [0.4, 0.5) is 0 Å². The van der Waals surface area contributed by atoms with Gasteiger partial charge in [-0.1, -0.05) is 35.9 Å². The van der Waals surface area contributed by atoms with Gasteiger partial charge >= 0.3 is 0 Å². The number of allylic oxidation sites excluding steroid dienone is 3. The summed E-state index contributed by atoms with van der Waals surface area (Å²) in [5, 5.41) is 0.711. The second-order valence-electron chi connectivity index (χ2n) is 3.52. The summed E-state index contributed by atoms with van der Waals surface area (Å²) < 4.78 is 0. The predicted octanol–water partition coefficient (Wildman–Crippen LogP) is 3.64. The zero-order valence-corrected chi connectivity index (χ0v) is 9.00. The lowest BCUT2D eigenvalue weighted by atomic mass is 9.98. The van der Waals surface area contributed by atoms with Crippen molar-refractivity contribution in [3.63, 3.8) is 0 Å². The van der Waals surface area contributed by atoms with Gasteiger partial charge in [-0.25, -0.2) is 0 Å². The molecule has 0 bridgehead atoms. The number of Topliss-reactive ketones (excluding diaryl/α,β-unsaturated/α-hetero) is 1. The topological polar surface area (TPSA) is 17.1 Å². The molecule has 76 valence electrons. The normalized spacial score (nSPS) is 18.5. The van der Waals surface area contributed by atoms with E-state index in [1.54, 1.807) is 0 Å². The number of hydrogen-bond acceptors (Lipinski definition) is 1. The van der Waals surface area contributed by atoms with Crippen LogP contribution in [0.25, 0.3) is 6.08 Å². The van der Waals surface area contributed by atoms with Crippen LogP contribution in [-0.2, 0) is 4.79 Å². The highest BCUT2D eigenvalue weighted by molar-refractivity contribution is 6.30. The lowest BCUT2D eigenvalue weighted by Gasteiger charge is -2.05. The number of halogens is 1. The molecular weight excluding hydrogens is 208 g/mol. The fourth-order valence-corrected chi connectivity index (χ4v) is 1.66. The average molecular weight is 219 g/mol. The Morgan fingerprint density at radius 3 is 2.60 bits per heavy atom. The van der Waals surface area contributed by atoms with Gasteiger partial charge in [-0.15, -0.1) is 0 Å². The van der Waals surface area contributed by atoms with E-state index in [4.69, 9.17) is 11.6 Å². The first-order chi connectivity index (χ1) is 7.25. The first-order valence-electron chi connectivity index (χ1n) is 4.93. The van der Waals surface area contributed by atoms with E-state index in [0.717, 1.165) is 17.6 Å². The number of benzene rings is 1. The molecule has 0 spiro atoms. The smallest absolute Gasteiger partial charge is 0.163 e. The summed E-state index contributed by atoms with van der Waals surface area (Å²) >= 11 is 5.78. The predicted molar refractivity (Wildman–Crippen MR) is 62.8 cm³/mol. The molecule has 0 atom stereocenters. The quantitative estimate of drug-likeness (QED) is 0.658. The highest BCUT2D eigenvalue weighted by Gasteiger charge is 2.09. The zero-order chi connectivity index (χ0) is 10.7. The molecule has 0 aliphatic heterocycles. The molecule has 0 aromatic heterocycles. The van der Waals surface area contributed by atoms with Crippen molar-refractivity contribution < 1.29 is 4.79 Å². The van der Waals surface area contributed by atoms with Crippen LogP contribution in [0.5, 0.6) is 0 Å². The van der Waals surface area contributed by atoms with Crippen molar-refractivity contribution in [3.05, 3.63) is 52.6 Å². The van der Waals surface area contributed by atoms with Gasteiger partial charge in [0.25, 0.3) is 0 Å². The van der Waals surface area contributed by atoms with E-state index in [1.807, 2.05) is 42.5 Å². The second kappa shape index (κ2) is 4.45. The molecule has 0 saturated carbocycles. The molecule has 1 aromatic rings. The van der Waals surface area contributed by atoms with E-state index in [-0.39, 0.29) is 5.78 Å². The van der Waals surface area contributed by atoms with Gasteiger partial charge in [0.2, 0.25) is 0 Å². The average Bonchev–Trinajstić information content (AvgIpc) is 2.25. The molecular formula is C13H11ClO. The molecule has 0 heterocycles. The third-order valence-electron chi connectivity index (χ3n) is 2.35. The largest absolute Gasteiger partial charge is 0.294 e. The van der Waals surface area contributed by atoms with Crippen molar-refractivity contribution in [3.8, 4) is 0 Å². The Bertz CT molecular complexity index is 426. The number of carbonyl (C=O) groups excluding carboxylic acids is 1. The molecule has 0 amide bonds. The van der Waals surface area contributed by atoms with Crippen molar-refractivity contribution in [1.29, 1.82) is 0 Å². The van der Waals surface area contributed by atoms with Crippen LogP contribution < -0.4 is 0 Å². The maximum absolute atomic E-state index is 11.5. The Kier molecular flexibility index (Phi) is 3.02. The van der Waals surface area contributed by atoms with Crippen LogP contribution in [0.15, 0.2) is 42.0 Å². The van der Waals surface area contributed by atoms with Crippen LogP contribution in [0, 0.1) is 0 Å². The molecule has 2 rings (SSSR count). The summed E-state index contributed by atoms with van der Waals surface area (Å²) in [6.45, 7) is 0. The van der Waals surface area contributed by atoms with E-state index in [9.17, 15) is 4.79 Å². The summed E-state index contributed by atoms with van der Waals surface area (Å²) in [6, 6.07) is 7.46. The Labute approximate surface area is 94.1 Å². The SMILES string of the molecule is O=C1CCC=CC1=Cc1ccc(Cl)cc1. The Morgan fingerprint density at radius 2 is 1.93 bits per heavy atom. The molecule has 1 aliphatic rings. The third-order valence-corrected chi connectivity index (χ3v) is 2.60. The Morgan fingerprint density at radius 1 is 1.20 bits per heavy atom. The van der Waals surface area contributed by atoms with Gasteiger partial charge in [0.15, 0.2) is 5.78 Å². The molecule has 0 fully saturated rings. The third kappa shape index (κ3) is 2.57. The fraction of sp³-hybridized carbons (Fsp3) is 0.154. The molecule has 0 N–H and O–H groups in total. The van der Waals surface area contributed by atoms with Crippen molar-refractivity contribution >= 4 is 23.5 Å². The molecule has 1 aromatic carbocycles. The minimum atomic E-state index is 0.215. The van der Waals surface area contributed by atoms with Gasteiger partial charge in [-0.2, -0.15) is 0 Å². The van der Waals surface area contributed by atoms with Crippen LogP contribution in [0.2, 0.25) is 5.02 Å². The van der Waals surface area contributed by atoms with Crippen LogP contribution in [0.1, 0.15) is 18.4 Å². The minimum Gasteiger partial charge on any atom is -0.294 e. The van der Waals surface area contributed by atoms with E-state index in [0.29, 0.717) is 11.4 Å². The van der Waals surface area contributed by atoms with Crippen LogP contribution in [0.3, 0.4) is 0 Å². The Hall–Kier alpha value is -1.34. The number of carbonyl (C=O) groups is 1. The standard InChI is InChI=1S/C13H11ClO/c14-12-7-5-10(6-8-12)9-11-3-1-2-4-13(11)15/h1,3,5-9H,2,4H2. The van der Waals surface area contributed by atoms with E-state index in [2.05, 4.69) is 0 Å². The van der Waals surface area contributed by atoms with Gasteiger partial charge in [0.1, 0.15) is 0 Å². The summed E-state index contributed by atoms with van der Waals surface area (Å²) in [4.78, 5) is 11.5. The summed E-state index contributed by atoms with van der Waals surface area (Å²) in [5.74, 6) is 0.215. The van der Waals surface area contributed by atoms with Gasteiger partial charge < -0.3 is 0 Å². The molecule has 15 heavy (non-hydrogen) atoms. The van der Waals surface area contributed by atoms with Crippen molar-refractivity contribution in [1.82, 2.24) is 0 Å². The lowest BCUT2D eigenvalue weighted by molar-refractivity contribution is -0.115. The molecule has 0 unspecified atom stereocenters. The number of ketones is 1. The maximum atomic E-state index is 11.5. The summed E-state index contributed by atoms with van der Waals surface area (Å²) in [6.07, 6.45) is 7.30. The molecule has 1 nitrogen and oxygen atoms in total. The van der Waals surface area contributed by atoms with Gasteiger partial charge in [-0.3, -0.25) is 4.79 Å². The monoisotopic (exact) mass is 218 g/mol. The number of rotatable bonds is 1. The van der Waals surface area contributed by atoms with E-state index >= 15 is 0 Å². The minimum absolute atomic E-state index is 0.215. The van der Waals surface area contributed by atoms with Crippen molar-refractivity contribution in [2.24, 2.45) is 0 Å². The van der Waals surface area contributed by atoms with Crippen LogP contribution in [-0.4, -0.2) is 5.78 Å². The Balaban J connectivity index is 2.29. The van der Waals surface area contributed by atoms with Gasteiger partial charge in [0, 0.05) is 17.0 Å². The van der Waals surface area contributed by atoms with E-state index < -0.39 is 0 Å². The molecule has 0 radical (unpaired) electrons. The lowest BCUT2D eigenvalue weighted by Crippen LogP contribution is -2.03. The first-order valence-corrected chi connectivity index (χ1v) is 5.30. The summed E-state index contributed by atoms with van der Waals surface area (Å²) in [7, 11) is 0. The summed E-state index contributed by atoms with van der Waals surface area (Å²) in [5.41, 5.74) is 1.79. The van der Waals surface area contributed by atoms with Gasteiger partial charge in [0.05, 0.1) is 0 Å². The van der Waals surface area contributed by atoms with Gasteiger partial charge in [-0.05, 0) is 30.2 Å². The van der Waals surface area contributed by atoms with Crippen molar-refractivity contribution in [2.45, 2.75) is 12.8 Å². The molecule has 0 saturated heterocycles. The highest BCUT2D eigenvalue weighted by Crippen LogP contribution is 2.17.